The molecule has 2 atom stereocenters. The Morgan fingerprint density at radius 3 is 0.855 bits per heavy atom. The third-order valence-electron chi connectivity index (χ3n) is 11.6. The number of aliphatic hydroxyl groups is 4. The van der Waals surface area contributed by atoms with Gasteiger partial charge in [0.05, 0.1) is 12.2 Å². The molecule has 0 aliphatic heterocycles. The highest BCUT2D eigenvalue weighted by Crippen LogP contribution is 2.37. The largest absolute Gasteiger partial charge is 0.457 e. The molecule has 2 unspecified atom stereocenters. The fraction of sp³-hybridized carbons (Fsp3) is 0.760. The van der Waals surface area contributed by atoms with E-state index in [-0.39, 0.29) is 13.2 Å². The first-order chi connectivity index (χ1) is 26.9. The Kier molecular flexibility index (Phi) is 28.7. The molecular weight excluding hydrogens is 681 g/mol. The Bertz CT molecular complexity index is 1060. The van der Waals surface area contributed by atoms with Crippen LogP contribution >= 0.6 is 0 Å². The Hall–Kier alpha value is -1.92. The second-order valence-electron chi connectivity index (χ2n) is 16.5. The van der Waals surface area contributed by atoms with Gasteiger partial charge in [-0.2, -0.15) is 0 Å². The maximum atomic E-state index is 11.5. The van der Waals surface area contributed by atoms with Gasteiger partial charge in [0.2, 0.25) is 0 Å². The van der Waals surface area contributed by atoms with Crippen molar-refractivity contribution in [3.8, 4) is 11.5 Å². The van der Waals surface area contributed by atoms with E-state index in [0.717, 1.165) is 96.2 Å². The van der Waals surface area contributed by atoms with Crippen molar-refractivity contribution in [3.05, 3.63) is 57.6 Å². The van der Waals surface area contributed by atoms with Gasteiger partial charge in [0, 0.05) is 26.1 Å². The van der Waals surface area contributed by atoms with E-state index >= 15 is 0 Å². The molecule has 0 bridgehead atoms. The Morgan fingerprint density at radius 1 is 0.382 bits per heavy atom. The van der Waals surface area contributed by atoms with E-state index in [1.54, 1.807) is 0 Å². The van der Waals surface area contributed by atoms with Crippen LogP contribution in [-0.2, 0) is 25.7 Å². The molecule has 5 nitrogen and oxygen atoms in total. The standard InChI is InChI=1S/C50H86O5/c1-5-9-13-17-21-25-29-41-37-45(38-42(49(41)47(53)33-35-51)30-26-22-18-14-10-6-2)55-46-39-43(31-27-23-19-15-11-7-3)50(48(54)34-36-52)44(40-46)32-28-24-20-16-12-8-4/h37-40,47-48,51-54H,5-36H2,1-4H3. The number of benzene rings is 2. The fourth-order valence-corrected chi connectivity index (χ4v) is 8.35. The highest BCUT2D eigenvalue weighted by atomic mass is 16.5. The van der Waals surface area contributed by atoms with Crippen LogP contribution in [0.25, 0.3) is 0 Å². The van der Waals surface area contributed by atoms with Gasteiger partial charge in [0.15, 0.2) is 0 Å². The van der Waals surface area contributed by atoms with Crippen LogP contribution in [0.1, 0.15) is 240 Å². The van der Waals surface area contributed by atoms with E-state index in [4.69, 9.17) is 4.74 Å². The molecule has 0 aliphatic carbocycles. The van der Waals surface area contributed by atoms with Gasteiger partial charge < -0.3 is 25.2 Å². The predicted octanol–water partition coefficient (Wildman–Crippen LogP) is 13.9. The molecule has 5 heteroatoms. The van der Waals surface area contributed by atoms with Crippen LogP contribution in [0.4, 0.5) is 0 Å². The SMILES string of the molecule is CCCCCCCCc1cc(Oc2cc(CCCCCCCC)c(C(O)CCO)c(CCCCCCCC)c2)cc(CCCCCCCC)c1C(O)CCO. The van der Waals surface area contributed by atoms with Gasteiger partial charge >= 0.3 is 0 Å². The minimum absolute atomic E-state index is 0.0381. The van der Waals surface area contributed by atoms with Crippen molar-refractivity contribution in [1.29, 1.82) is 0 Å². The van der Waals surface area contributed by atoms with Crippen LogP contribution < -0.4 is 4.74 Å². The molecular formula is C50H86O5. The highest BCUT2D eigenvalue weighted by molar-refractivity contribution is 5.49. The van der Waals surface area contributed by atoms with Crippen LogP contribution in [-0.4, -0.2) is 33.6 Å². The molecule has 0 spiro atoms. The summed E-state index contributed by atoms with van der Waals surface area (Å²) in [7, 11) is 0. The summed E-state index contributed by atoms with van der Waals surface area (Å²) in [5.74, 6) is 1.64. The van der Waals surface area contributed by atoms with Gasteiger partial charge in [-0.3, -0.25) is 0 Å². The second kappa shape index (κ2) is 32.1. The van der Waals surface area contributed by atoms with Crippen molar-refractivity contribution in [2.75, 3.05) is 13.2 Å². The lowest BCUT2D eigenvalue weighted by molar-refractivity contribution is 0.132. The van der Waals surface area contributed by atoms with Gasteiger partial charge in [0.1, 0.15) is 11.5 Å². The Balaban J connectivity index is 2.56. The number of hydrogen-bond acceptors (Lipinski definition) is 5. The first-order valence-electron chi connectivity index (χ1n) is 23.5. The molecule has 0 radical (unpaired) electrons. The van der Waals surface area contributed by atoms with Crippen LogP contribution in [0.2, 0.25) is 0 Å². The summed E-state index contributed by atoms with van der Waals surface area (Å²) in [6.07, 6.45) is 32.0. The summed E-state index contributed by atoms with van der Waals surface area (Å²) in [5.41, 5.74) is 6.65. The fourth-order valence-electron chi connectivity index (χ4n) is 8.35. The molecule has 0 saturated carbocycles. The highest BCUT2D eigenvalue weighted by Gasteiger charge is 2.22. The summed E-state index contributed by atoms with van der Waals surface area (Å²) < 4.78 is 6.91. The van der Waals surface area contributed by atoms with E-state index in [0.29, 0.717) is 12.8 Å². The van der Waals surface area contributed by atoms with Crippen molar-refractivity contribution in [2.45, 2.75) is 233 Å². The average Bonchev–Trinajstić information content (AvgIpc) is 3.17. The lowest BCUT2D eigenvalue weighted by Gasteiger charge is -2.23. The van der Waals surface area contributed by atoms with Gasteiger partial charge in [-0.1, -0.05) is 156 Å². The Labute approximate surface area is 339 Å². The summed E-state index contributed by atoms with van der Waals surface area (Å²) in [6.45, 7) is 8.95. The summed E-state index contributed by atoms with van der Waals surface area (Å²) in [4.78, 5) is 0. The molecule has 0 fully saturated rings. The average molecular weight is 767 g/mol. The molecule has 2 aromatic carbocycles. The zero-order valence-corrected chi connectivity index (χ0v) is 36.3. The molecule has 2 rings (SSSR count). The molecule has 2 aromatic rings. The van der Waals surface area contributed by atoms with E-state index in [1.165, 1.54) is 128 Å². The van der Waals surface area contributed by atoms with Crippen LogP contribution in [0, 0.1) is 0 Å². The topological polar surface area (TPSA) is 90.2 Å². The summed E-state index contributed by atoms with van der Waals surface area (Å²) in [6, 6.07) is 8.67. The lowest BCUT2D eigenvalue weighted by atomic mass is 9.88. The Morgan fingerprint density at radius 2 is 0.618 bits per heavy atom. The number of aryl methyl sites for hydroxylation is 4. The van der Waals surface area contributed by atoms with Gasteiger partial charge in [-0.25, -0.2) is 0 Å². The smallest absolute Gasteiger partial charge is 0.128 e. The maximum Gasteiger partial charge on any atom is 0.128 e. The number of rotatable bonds is 36. The molecule has 316 valence electrons. The van der Waals surface area contributed by atoms with Crippen LogP contribution in [0.5, 0.6) is 11.5 Å². The third-order valence-corrected chi connectivity index (χ3v) is 11.6. The first kappa shape index (κ1) is 49.2. The van der Waals surface area contributed by atoms with E-state index < -0.39 is 12.2 Å². The van der Waals surface area contributed by atoms with Gasteiger partial charge in [-0.05, 0) is 109 Å². The van der Waals surface area contributed by atoms with Crippen molar-refractivity contribution in [2.24, 2.45) is 0 Å². The van der Waals surface area contributed by atoms with E-state index in [9.17, 15) is 20.4 Å². The molecule has 0 heterocycles. The predicted molar refractivity (Wildman–Crippen MR) is 235 cm³/mol. The number of hydrogen-bond donors (Lipinski definition) is 4. The maximum absolute atomic E-state index is 11.5. The van der Waals surface area contributed by atoms with Crippen molar-refractivity contribution in [1.82, 2.24) is 0 Å². The second-order valence-corrected chi connectivity index (χ2v) is 16.5. The molecule has 0 aliphatic rings. The van der Waals surface area contributed by atoms with E-state index in [2.05, 4.69) is 52.0 Å². The molecule has 0 aromatic heterocycles. The van der Waals surface area contributed by atoms with Crippen molar-refractivity contribution >= 4 is 0 Å². The number of ether oxygens (including phenoxy) is 1. The quantitative estimate of drug-likeness (QED) is 0.0519. The molecule has 55 heavy (non-hydrogen) atoms. The lowest BCUT2D eigenvalue weighted by Crippen LogP contribution is -2.11. The molecule has 4 N–H and O–H groups in total. The van der Waals surface area contributed by atoms with Crippen molar-refractivity contribution in [3.63, 3.8) is 0 Å². The summed E-state index contributed by atoms with van der Waals surface area (Å²) >= 11 is 0. The number of unbranched alkanes of at least 4 members (excludes halogenated alkanes) is 20. The van der Waals surface area contributed by atoms with Gasteiger partial charge in [-0.15, -0.1) is 0 Å². The van der Waals surface area contributed by atoms with Crippen molar-refractivity contribution < 1.29 is 25.2 Å². The van der Waals surface area contributed by atoms with Gasteiger partial charge in [0.25, 0.3) is 0 Å². The zero-order valence-electron chi connectivity index (χ0n) is 36.3. The third kappa shape index (κ3) is 20.4. The number of aliphatic hydroxyl groups excluding tert-OH is 4. The molecule has 0 amide bonds. The summed E-state index contributed by atoms with van der Waals surface area (Å²) in [5, 5.41) is 42.7. The zero-order chi connectivity index (χ0) is 39.9. The van der Waals surface area contributed by atoms with E-state index in [1.807, 2.05) is 0 Å². The first-order valence-corrected chi connectivity index (χ1v) is 23.5. The monoisotopic (exact) mass is 767 g/mol. The van der Waals surface area contributed by atoms with Crippen LogP contribution in [0.3, 0.4) is 0 Å². The van der Waals surface area contributed by atoms with Crippen LogP contribution in [0.15, 0.2) is 24.3 Å². The normalized spacial score (nSPS) is 12.7. The minimum atomic E-state index is -0.690. The molecule has 0 saturated heterocycles. The minimum Gasteiger partial charge on any atom is -0.457 e.